The summed E-state index contributed by atoms with van der Waals surface area (Å²) in [4.78, 5) is 4.58. The van der Waals surface area contributed by atoms with Gasteiger partial charge >= 0.3 is 0 Å². The topological polar surface area (TPSA) is 32.7 Å². The standard InChI is InChI=1S/C4H7NO2/c6-5-3-1-2-4-7-5/h1,3,6H,2,4H2. The van der Waals surface area contributed by atoms with Gasteiger partial charge in [-0.3, -0.25) is 5.21 Å². The fourth-order valence-electron chi connectivity index (χ4n) is 0.422. The SMILES string of the molecule is ON1C=CCCO1. The van der Waals surface area contributed by atoms with Gasteiger partial charge in [0, 0.05) is 0 Å². The van der Waals surface area contributed by atoms with Gasteiger partial charge in [-0.05, 0) is 6.42 Å². The maximum Gasteiger partial charge on any atom is 0.0810 e. The minimum Gasteiger partial charge on any atom is -0.264 e. The lowest BCUT2D eigenvalue weighted by Crippen LogP contribution is -2.16. The van der Waals surface area contributed by atoms with Crippen molar-refractivity contribution >= 4 is 0 Å². The van der Waals surface area contributed by atoms with Crippen LogP contribution >= 0.6 is 0 Å². The van der Waals surface area contributed by atoms with Crippen molar-refractivity contribution in [2.24, 2.45) is 0 Å². The number of nitrogens with zero attached hydrogens (tertiary/aromatic N) is 1. The Morgan fingerprint density at radius 1 is 1.71 bits per heavy atom. The van der Waals surface area contributed by atoms with Gasteiger partial charge < -0.3 is 0 Å². The van der Waals surface area contributed by atoms with Crippen LogP contribution in [0.2, 0.25) is 0 Å². The molecule has 0 radical (unpaired) electrons. The predicted octanol–water partition coefficient (Wildman–Crippen LogP) is 0.527. The molecular formula is C4H7NO2. The summed E-state index contributed by atoms with van der Waals surface area (Å²) in [5, 5.41) is 9.15. The first-order valence-corrected chi connectivity index (χ1v) is 2.17. The monoisotopic (exact) mass is 101 g/mol. The smallest absolute Gasteiger partial charge is 0.0810 e. The minimum absolute atomic E-state index is 0.576. The van der Waals surface area contributed by atoms with E-state index in [2.05, 4.69) is 4.84 Å². The van der Waals surface area contributed by atoms with Gasteiger partial charge in [0.25, 0.3) is 0 Å². The molecule has 0 saturated heterocycles. The van der Waals surface area contributed by atoms with E-state index in [-0.39, 0.29) is 0 Å². The molecule has 1 aliphatic heterocycles. The maximum absolute atomic E-state index is 8.43. The molecule has 0 saturated carbocycles. The molecule has 0 bridgehead atoms. The Morgan fingerprint density at radius 3 is 2.86 bits per heavy atom. The highest BCUT2D eigenvalue weighted by Gasteiger charge is 1.95. The van der Waals surface area contributed by atoms with Gasteiger partial charge in [-0.1, -0.05) is 6.08 Å². The van der Waals surface area contributed by atoms with Crippen LogP contribution in [0.25, 0.3) is 0 Å². The largest absolute Gasteiger partial charge is 0.264 e. The van der Waals surface area contributed by atoms with Crippen LogP contribution in [0.4, 0.5) is 0 Å². The first-order chi connectivity index (χ1) is 3.39. The molecule has 7 heavy (non-hydrogen) atoms. The predicted molar refractivity (Wildman–Crippen MR) is 23.3 cm³/mol. The maximum atomic E-state index is 8.43. The highest BCUT2D eigenvalue weighted by Crippen LogP contribution is 1.96. The Labute approximate surface area is 41.7 Å². The molecule has 0 atom stereocenters. The highest BCUT2D eigenvalue weighted by molar-refractivity contribution is 4.77. The van der Waals surface area contributed by atoms with Crippen LogP contribution < -0.4 is 0 Å². The molecule has 0 unspecified atom stereocenters. The molecule has 1 N–H and O–H groups in total. The van der Waals surface area contributed by atoms with E-state index in [9.17, 15) is 0 Å². The molecule has 40 valence electrons. The molecule has 1 heterocycles. The molecule has 0 amide bonds. The van der Waals surface area contributed by atoms with E-state index in [1.807, 2.05) is 6.08 Å². The Morgan fingerprint density at radius 2 is 2.57 bits per heavy atom. The molecular weight excluding hydrogens is 94.0 g/mol. The summed E-state index contributed by atoms with van der Waals surface area (Å²) < 4.78 is 0. The van der Waals surface area contributed by atoms with Crippen LogP contribution in [0.3, 0.4) is 0 Å². The lowest BCUT2D eigenvalue weighted by molar-refractivity contribution is -0.309. The summed E-state index contributed by atoms with van der Waals surface area (Å²) in [6.07, 6.45) is 4.20. The van der Waals surface area contributed by atoms with E-state index in [4.69, 9.17) is 5.21 Å². The average Bonchev–Trinajstić information content (AvgIpc) is 1.69. The van der Waals surface area contributed by atoms with E-state index in [0.29, 0.717) is 11.8 Å². The first kappa shape index (κ1) is 4.61. The lowest BCUT2D eigenvalue weighted by atomic mass is 10.4. The van der Waals surface area contributed by atoms with E-state index in [1.165, 1.54) is 6.20 Å². The second kappa shape index (κ2) is 1.95. The Hall–Kier alpha value is -0.540. The quantitative estimate of drug-likeness (QED) is 0.483. The summed E-state index contributed by atoms with van der Waals surface area (Å²) in [6.45, 7) is 0.576. The third-order valence-electron chi connectivity index (χ3n) is 0.741. The molecule has 3 heteroatoms. The third-order valence-corrected chi connectivity index (χ3v) is 0.741. The molecule has 1 rings (SSSR count). The number of hydrogen-bond acceptors (Lipinski definition) is 3. The van der Waals surface area contributed by atoms with E-state index < -0.39 is 0 Å². The number of hydroxylamine groups is 2. The highest BCUT2D eigenvalue weighted by atomic mass is 16.9. The zero-order chi connectivity index (χ0) is 5.11. The molecule has 3 nitrogen and oxygen atoms in total. The second-order valence-electron chi connectivity index (χ2n) is 1.31. The van der Waals surface area contributed by atoms with Gasteiger partial charge in [0.15, 0.2) is 0 Å². The normalized spacial score (nSPS) is 20.4. The van der Waals surface area contributed by atoms with Crippen LogP contribution in [0, 0.1) is 0 Å². The van der Waals surface area contributed by atoms with E-state index in [1.54, 1.807) is 0 Å². The van der Waals surface area contributed by atoms with Crippen molar-refractivity contribution in [1.29, 1.82) is 0 Å². The molecule has 0 spiro atoms. The molecule has 1 aliphatic rings. The number of rotatable bonds is 0. The summed E-state index contributed by atoms with van der Waals surface area (Å²) >= 11 is 0. The Bertz CT molecular complexity index is 81.8. The van der Waals surface area contributed by atoms with Crippen molar-refractivity contribution in [3.8, 4) is 0 Å². The van der Waals surface area contributed by atoms with Crippen LogP contribution in [-0.4, -0.2) is 17.0 Å². The molecule has 0 aromatic carbocycles. The van der Waals surface area contributed by atoms with Gasteiger partial charge in [-0.25, -0.2) is 4.84 Å². The molecule has 0 aliphatic carbocycles. The van der Waals surface area contributed by atoms with Crippen molar-refractivity contribution in [1.82, 2.24) is 5.23 Å². The van der Waals surface area contributed by atoms with Crippen molar-refractivity contribution in [2.75, 3.05) is 6.61 Å². The van der Waals surface area contributed by atoms with Gasteiger partial charge in [0.1, 0.15) is 0 Å². The van der Waals surface area contributed by atoms with Crippen LogP contribution in [0.5, 0.6) is 0 Å². The summed E-state index contributed by atoms with van der Waals surface area (Å²) in [5.41, 5.74) is 0. The Kier molecular flexibility index (Phi) is 1.29. The van der Waals surface area contributed by atoms with Crippen LogP contribution in [-0.2, 0) is 4.84 Å². The second-order valence-corrected chi connectivity index (χ2v) is 1.31. The first-order valence-electron chi connectivity index (χ1n) is 2.17. The summed E-state index contributed by atoms with van der Waals surface area (Å²) in [5.74, 6) is 0. The third kappa shape index (κ3) is 1.17. The Balaban J connectivity index is 2.36. The fraction of sp³-hybridized carbons (Fsp3) is 0.500. The fourth-order valence-corrected chi connectivity index (χ4v) is 0.422. The van der Waals surface area contributed by atoms with Crippen molar-refractivity contribution < 1.29 is 10.0 Å². The van der Waals surface area contributed by atoms with Crippen molar-refractivity contribution in [3.05, 3.63) is 12.3 Å². The zero-order valence-corrected chi connectivity index (χ0v) is 3.87. The molecule has 0 aromatic heterocycles. The van der Waals surface area contributed by atoms with Gasteiger partial charge in [-0.15, -0.1) is 5.23 Å². The lowest BCUT2D eigenvalue weighted by Gasteiger charge is -2.13. The average molecular weight is 101 g/mol. The number of hydrogen-bond donors (Lipinski definition) is 1. The van der Waals surface area contributed by atoms with Gasteiger partial charge in [0.05, 0.1) is 12.8 Å². The van der Waals surface area contributed by atoms with E-state index >= 15 is 0 Å². The summed E-state index contributed by atoms with van der Waals surface area (Å²) in [6, 6.07) is 0. The molecule has 0 fully saturated rings. The van der Waals surface area contributed by atoms with Crippen LogP contribution in [0.15, 0.2) is 12.3 Å². The van der Waals surface area contributed by atoms with Crippen molar-refractivity contribution in [3.63, 3.8) is 0 Å². The van der Waals surface area contributed by atoms with Gasteiger partial charge in [-0.2, -0.15) is 0 Å². The zero-order valence-electron chi connectivity index (χ0n) is 3.87. The van der Waals surface area contributed by atoms with Gasteiger partial charge in [0.2, 0.25) is 0 Å². The minimum atomic E-state index is 0.576. The van der Waals surface area contributed by atoms with E-state index in [0.717, 1.165) is 6.42 Å². The summed E-state index contributed by atoms with van der Waals surface area (Å²) in [7, 11) is 0. The van der Waals surface area contributed by atoms with Crippen molar-refractivity contribution in [2.45, 2.75) is 6.42 Å². The molecule has 0 aromatic rings. The van der Waals surface area contributed by atoms with Crippen LogP contribution in [0.1, 0.15) is 6.42 Å².